The second kappa shape index (κ2) is 8.67. The second-order valence-electron chi connectivity index (χ2n) is 6.66. The first-order valence-electron chi connectivity index (χ1n) is 9.09. The maximum absolute atomic E-state index is 12.2. The van der Waals surface area contributed by atoms with Crippen molar-refractivity contribution in [2.45, 2.75) is 32.4 Å². The molecule has 0 saturated carbocycles. The molecule has 1 aliphatic heterocycles. The Kier molecular flexibility index (Phi) is 6.07. The van der Waals surface area contributed by atoms with Gasteiger partial charge in [-0.05, 0) is 49.5 Å². The summed E-state index contributed by atoms with van der Waals surface area (Å²) in [6.45, 7) is 5.45. The molecule has 1 aliphatic rings. The summed E-state index contributed by atoms with van der Waals surface area (Å²) >= 11 is 0. The van der Waals surface area contributed by atoms with Crippen LogP contribution in [0.25, 0.3) is 0 Å². The number of carbonyl (C=O) groups excluding carboxylic acids is 1. The molecule has 0 aliphatic carbocycles. The van der Waals surface area contributed by atoms with E-state index in [0.717, 1.165) is 18.7 Å². The molecule has 0 radical (unpaired) electrons. The highest BCUT2D eigenvalue weighted by Crippen LogP contribution is 2.24. The second-order valence-corrected chi connectivity index (χ2v) is 6.66. The molecular weight excluding hydrogens is 310 g/mol. The zero-order valence-electron chi connectivity index (χ0n) is 14.9. The Hall–Kier alpha value is -2.33. The maximum Gasteiger partial charge on any atom is 0.315 e. The van der Waals surface area contributed by atoms with Crippen molar-refractivity contribution < 1.29 is 4.79 Å². The van der Waals surface area contributed by atoms with E-state index in [9.17, 15) is 4.79 Å². The van der Waals surface area contributed by atoms with Gasteiger partial charge in [0.2, 0.25) is 0 Å². The number of aryl methyl sites for hydroxylation is 1. The summed E-state index contributed by atoms with van der Waals surface area (Å²) < 4.78 is 0. The minimum Gasteiger partial charge on any atom is -0.336 e. The van der Waals surface area contributed by atoms with Crippen LogP contribution in [0.3, 0.4) is 0 Å². The molecule has 2 aromatic carbocycles. The Morgan fingerprint density at radius 2 is 1.68 bits per heavy atom. The van der Waals surface area contributed by atoms with Crippen LogP contribution in [-0.2, 0) is 6.54 Å². The standard InChI is InChI=1S/C21H27N3O/c1-17-9-5-6-12-19(17)15-22-21(25)23-16-20(24-13-7-8-14-24)18-10-3-2-4-11-18/h2-6,9-12,20H,7-8,13-16H2,1H3,(H2,22,23,25). The van der Waals surface area contributed by atoms with E-state index in [1.165, 1.54) is 24.0 Å². The topological polar surface area (TPSA) is 44.4 Å². The highest BCUT2D eigenvalue weighted by molar-refractivity contribution is 5.73. The first-order valence-corrected chi connectivity index (χ1v) is 9.09. The number of likely N-dealkylation sites (tertiary alicyclic amines) is 1. The van der Waals surface area contributed by atoms with Crippen LogP contribution in [-0.4, -0.2) is 30.6 Å². The molecule has 1 fully saturated rings. The van der Waals surface area contributed by atoms with Crippen molar-refractivity contribution >= 4 is 6.03 Å². The number of nitrogens with one attached hydrogen (secondary N) is 2. The fraction of sp³-hybridized carbons (Fsp3) is 0.381. The van der Waals surface area contributed by atoms with Crippen LogP contribution in [0, 0.1) is 6.92 Å². The fourth-order valence-corrected chi connectivity index (χ4v) is 3.42. The van der Waals surface area contributed by atoms with E-state index in [0.29, 0.717) is 13.1 Å². The molecule has 0 spiro atoms. The van der Waals surface area contributed by atoms with Crippen molar-refractivity contribution in [1.82, 2.24) is 15.5 Å². The molecule has 0 bridgehead atoms. The molecule has 4 heteroatoms. The Labute approximate surface area is 150 Å². The van der Waals surface area contributed by atoms with Crippen molar-refractivity contribution in [2.24, 2.45) is 0 Å². The number of amides is 2. The van der Waals surface area contributed by atoms with Gasteiger partial charge in [-0.15, -0.1) is 0 Å². The summed E-state index contributed by atoms with van der Waals surface area (Å²) in [7, 11) is 0. The van der Waals surface area contributed by atoms with Crippen LogP contribution in [0.4, 0.5) is 4.79 Å². The van der Waals surface area contributed by atoms with Crippen LogP contribution >= 0.6 is 0 Å². The summed E-state index contributed by atoms with van der Waals surface area (Å²) in [6.07, 6.45) is 2.48. The monoisotopic (exact) mass is 337 g/mol. The van der Waals surface area contributed by atoms with Crippen molar-refractivity contribution in [1.29, 1.82) is 0 Å². The molecule has 1 saturated heterocycles. The van der Waals surface area contributed by atoms with Gasteiger partial charge in [-0.2, -0.15) is 0 Å². The summed E-state index contributed by atoms with van der Waals surface area (Å²) in [6, 6.07) is 18.7. The normalized spacial score (nSPS) is 15.7. The highest BCUT2D eigenvalue weighted by Gasteiger charge is 2.23. The van der Waals surface area contributed by atoms with Crippen molar-refractivity contribution in [3.63, 3.8) is 0 Å². The molecular formula is C21H27N3O. The summed E-state index contributed by atoms with van der Waals surface area (Å²) in [4.78, 5) is 14.7. The average Bonchev–Trinajstić information content (AvgIpc) is 3.16. The lowest BCUT2D eigenvalue weighted by Gasteiger charge is -2.28. The number of nitrogens with zero attached hydrogens (tertiary/aromatic N) is 1. The quantitative estimate of drug-likeness (QED) is 0.845. The van der Waals surface area contributed by atoms with Crippen molar-refractivity contribution in [3.8, 4) is 0 Å². The van der Waals surface area contributed by atoms with Gasteiger partial charge in [0.05, 0.1) is 6.04 Å². The Morgan fingerprint density at radius 3 is 2.40 bits per heavy atom. The predicted molar refractivity (Wildman–Crippen MR) is 101 cm³/mol. The van der Waals surface area contributed by atoms with Gasteiger partial charge in [-0.25, -0.2) is 4.79 Å². The fourth-order valence-electron chi connectivity index (χ4n) is 3.42. The third-order valence-corrected chi connectivity index (χ3v) is 4.92. The number of hydrogen-bond acceptors (Lipinski definition) is 2. The third-order valence-electron chi connectivity index (χ3n) is 4.92. The van der Waals surface area contributed by atoms with E-state index >= 15 is 0 Å². The van der Waals surface area contributed by atoms with E-state index in [1.54, 1.807) is 0 Å². The number of rotatable bonds is 6. The van der Waals surface area contributed by atoms with Crippen molar-refractivity contribution in [3.05, 3.63) is 71.3 Å². The Morgan fingerprint density at radius 1 is 1.00 bits per heavy atom. The molecule has 2 aromatic rings. The smallest absolute Gasteiger partial charge is 0.315 e. The molecule has 1 unspecified atom stereocenters. The first kappa shape index (κ1) is 17.5. The average molecular weight is 337 g/mol. The predicted octanol–water partition coefficient (Wildman–Crippen LogP) is 3.63. The van der Waals surface area contributed by atoms with Crippen molar-refractivity contribution in [2.75, 3.05) is 19.6 Å². The zero-order chi connectivity index (χ0) is 17.5. The molecule has 25 heavy (non-hydrogen) atoms. The van der Waals surface area contributed by atoms with E-state index in [-0.39, 0.29) is 12.1 Å². The minimum atomic E-state index is -0.108. The summed E-state index contributed by atoms with van der Waals surface area (Å²) in [5.41, 5.74) is 3.61. The van der Waals surface area contributed by atoms with Gasteiger partial charge in [0.25, 0.3) is 0 Å². The van der Waals surface area contributed by atoms with E-state index in [1.807, 2.05) is 24.3 Å². The van der Waals surface area contributed by atoms with Gasteiger partial charge >= 0.3 is 6.03 Å². The molecule has 2 amide bonds. The zero-order valence-corrected chi connectivity index (χ0v) is 14.9. The molecule has 0 aromatic heterocycles. The minimum absolute atomic E-state index is 0.108. The lowest BCUT2D eigenvalue weighted by molar-refractivity contribution is 0.220. The number of urea groups is 1. The van der Waals surface area contributed by atoms with Gasteiger partial charge < -0.3 is 10.6 Å². The van der Waals surface area contributed by atoms with Gasteiger partial charge in [0, 0.05) is 13.1 Å². The van der Waals surface area contributed by atoms with Gasteiger partial charge in [0.1, 0.15) is 0 Å². The summed E-state index contributed by atoms with van der Waals surface area (Å²) in [5, 5.41) is 6.02. The lowest BCUT2D eigenvalue weighted by Crippen LogP contribution is -2.41. The van der Waals surface area contributed by atoms with Gasteiger partial charge in [0.15, 0.2) is 0 Å². The number of carbonyl (C=O) groups is 1. The molecule has 1 heterocycles. The van der Waals surface area contributed by atoms with E-state index in [2.05, 4.69) is 52.8 Å². The van der Waals surface area contributed by atoms with Gasteiger partial charge in [-0.1, -0.05) is 54.6 Å². The molecule has 2 N–H and O–H groups in total. The Balaban J connectivity index is 1.55. The molecule has 3 rings (SSSR count). The van der Waals surface area contributed by atoms with Crippen LogP contribution in [0.15, 0.2) is 54.6 Å². The Bertz CT molecular complexity index is 681. The largest absolute Gasteiger partial charge is 0.336 e. The third kappa shape index (κ3) is 4.83. The van der Waals surface area contributed by atoms with Crippen LogP contribution in [0.2, 0.25) is 0 Å². The van der Waals surface area contributed by atoms with Gasteiger partial charge in [-0.3, -0.25) is 4.90 Å². The van der Waals surface area contributed by atoms with Crippen LogP contribution < -0.4 is 10.6 Å². The molecule has 1 atom stereocenters. The highest BCUT2D eigenvalue weighted by atomic mass is 16.2. The molecule has 132 valence electrons. The van der Waals surface area contributed by atoms with Crippen LogP contribution in [0.1, 0.15) is 35.6 Å². The SMILES string of the molecule is Cc1ccccc1CNC(=O)NCC(c1ccccc1)N1CCCC1. The number of benzene rings is 2. The number of hydrogen-bond donors (Lipinski definition) is 2. The van der Waals surface area contributed by atoms with E-state index < -0.39 is 0 Å². The maximum atomic E-state index is 12.2. The molecule has 4 nitrogen and oxygen atoms in total. The summed E-state index contributed by atoms with van der Waals surface area (Å²) in [5.74, 6) is 0. The van der Waals surface area contributed by atoms with Crippen LogP contribution in [0.5, 0.6) is 0 Å². The first-order chi connectivity index (χ1) is 12.2. The van der Waals surface area contributed by atoms with E-state index in [4.69, 9.17) is 0 Å². The lowest BCUT2D eigenvalue weighted by atomic mass is 10.1.